The van der Waals surface area contributed by atoms with E-state index >= 15 is 0 Å². The molecule has 108 valence electrons. The maximum Gasteiger partial charge on any atom is 0.205 e. The fourth-order valence-corrected chi connectivity index (χ4v) is 2.27. The predicted octanol–water partition coefficient (Wildman–Crippen LogP) is 2.57. The van der Waals surface area contributed by atoms with E-state index in [4.69, 9.17) is 14.2 Å². The van der Waals surface area contributed by atoms with Gasteiger partial charge in [0.05, 0.1) is 14.2 Å². The van der Waals surface area contributed by atoms with Crippen molar-refractivity contribution in [1.29, 1.82) is 0 Å². The minimum absolute atomic E-state index is 0.360. The highest BCUT2D eigenvalue weighted by Crippen LogP contribution is 2.28. The van der Waals surface area contributed by atoms with Gasteiger partial charge in [-0.3, -0.25) is 0 Å². The summed E-state index contributed by atoms with van der Waals surface area (Å²) >= 11 is 1.48. The number of methoxy groups -OCH3 is 2. The monoisotopic (exact) mass is 295 g/mol. The summed E-state index contributed by atoms with van der Waals surface area (Å²) < 4.78 is 16.1. The van der Waals surface area contributed by atoms with Crippen LogP contribution in [0.1, 0.15) is 11.9 Å². The summed E-state index contributed by atoms with van der Waals surface area (Å²) in [7, 11) is 3.21. The van der Waals surface area contributed by atoms with Gasteiger partial charge in [0.25, 0.3) is 0 Å². The zero-order valence-electron chi connectivity index (χ0n) is 11.7. The quantitative estimate of drug-likeness (QED) is 0.847. The molecule has 7 heteroatoms. The molecule has 1 aromatic heterocycles. The van der Waals surface area contributed by atoms with E-state index in [1.807, 2.05) is 6.92 Å². The summed E-state index contributed by atoms with van der Waals surface area (Å²) in [5.74, 6) is 2.04. The molecule has 0 amide bonds. The first kappa shape index (κ1) is 14.4. The first-order valence-electron chi connectivity index (χ1n) is 6.17. The summed E-state index contributed by atoms with van der Waals surface area (Å²) in [5.41, 5.74) is 0. The lowest BCUT2D eigenvalue weighted by molar-refractivity contribution is 0.299. The Morgan fingerprint density at radius 1 is 1.05 bits per heavy atom. The maximum absolute atomic E-state index is 5.69. The molecule has 2 rings (SSSR count). The third kappa shape index (κ3) is 3.74. The number of benzene rings is 1. The average Bonchev–Trinajstić information content (AvgIpc) is 2.93. The van der Waals surface area contributed by atoms with Crippen LogP contribution in [-0.2, 0) is 6.61 Å². The fourth-order valence-electron chi connectivity index (χ4n) is 1.54. The van der Waals surface area contributed by atoms with Gasteiger partial charge in [-0.1, -0.05) is 11.3 Å². The van der Waals surface area contributed by atoms with E-state index in [9.17, 15) is 0 Å². The highest BCUT2D eigenvalue weighted by Gasteiger charge is 2.06. The second-order valence-electron chi connectivity index (χ2n) is 3.87. The number of aromatic nitrogens is 2. The van der Waals surface area contributed by atoms with Gasteiger partial charge in [-0.15, -0.1) is 10.2 Å². The summed E-state index contributed by atoms with van der Waals surface area (Å²) in [6, 6.07) is 5.39. The molecule has 6 nitrogen and oxygen atoms in total. The summed E-state index contributed by atoms with van der Waals surface area (Å²) in [4.78, 5) is 0. The molecule has 2 aromatic rings. The predicted molar refractivity (Wildman–Crippen MR) is 78.0 cm³/mol. The fraction of sp³-hybridized carbons (Fsp3) is 0.385. The largest absolute Gasteiger partial charge is 0.496 e. The van der Waals surface area contributed by atoms with E-state index in [2.05, 4.69) is 15.5 Å². The van der Waals surface area contributed by atoms with Crippen LogP contribution in [0.25, 0.3) is 0 Å². The molecule has 1 aromatic carbocycles. The number of nitrogens with zero attached hydrogens (tertiary/aromatic N) is 2. The lowest BCUT2D eigenvalue weighted by Gasteiger charge is -2.09. The second-order valence-corrected chi connectivity index (χ2v) is 4.93. The number of nitrogens with one attached hydrogen (secondary N) is 1. The molecule has 0 spiro atoms. The smallest absolute Gasteiger partial charge is 0.205 e. The Kier molecular flexibility index (Phi) is 5.00. The van der Waals surface area contributed by atoms with E-state index in [1.54, 1.807) is 32.4 Å². The molecule has 0 unspecified atom stereocenters. The summed E-state index contributed by atoms with van der Waals surface area (Å²) in [6.45, 7) is 3.20. The number of hydrogen-bond acceptors (Lipinski definition) is 7. The highest BCUT2D eigenvalue weighted by molar-refractivity contribution is 7.15. The van der Waals surface area contributed by atoms with Crippen molar-refractivity contribution in [3.63, 3.8) is 0 Å². The minimum atomic E-state index is 0.360. The summed E-state index contributed by atoms with van der Waals surface area (Å²) in [5, 5.41) is 12.8. The zero-order chi connectivity index (χ0) is 14.4. The van der Waals surface area contributed by atoms with Gasteiger partial charge in [-0.05, 0) is 6.92 Å². The van der Waals surface area contributed by atoms with Gasteiger partial charge in [-0.2, -0.15) is 0 Å². The Morgan fingerprint density at radius 3 is 2.30 bits per heavy atom. The topological polar surface area (TPSA) is 65.5 Å². The van der Waals surface area contributed by atoms with Gasteiger partial charge in [0.15, 0.2) is 5.01 Å². The van der Waals surface area contributed by atoms with Gasteiger partial charge in [-0.25, -0.2) is 0 Å². The van der Waals surface area contributed by atoms with Gasteiger partial charge >= 0.3 is 0 Å². The molecular weight excluding hydrogens is 278 g/mol. The van der Waals surface area contributed by atoms with Crippen LogP contribution in [0, 0.1) is 0 Å². The van der Waals surface area contributed by atoms with Crippen LogP contribution in [-0.4, -0.2) is 31.0 Å². The van der Waals surface area contributed by atoms with Crippen molar-refractivity contribution in [3.8, 4) is 17.2 Å². The van der Waals surface area contributed by atoms with E-state index < -0.39 is 0 Å². The van der Waals surface area contributed by atoms with E-state index in [0.717, 1.165) is 16.7 Å². The Balaban J connectivity index is 2.02. The van der Waals surface area contributed by atoms with Crippen molar-refractivity contribution in [3.05, 3.63) is 23.2 Å². The van der Waals surface area contributed by atoms with Crippen molar-refractivity contribution in [2.24, 2.45) is 0 Å². The van der Waals surface area contributed by atoms with Gasteiger partial charge in [0.2, 0.25) is 5.13 Å². The van der Waals surface area contributed by atoms with Gasteiger partial charge < -0.3 is 19.5 Å². The van der Waals surface area contributed by atoms with Crippen LogP contribution < -0.4 is 19.5 Å². The molecule has 0 fully saturated rings. The Bertz CT molecular complexity index is 537. The Morgan fingerprint density at radius 2 is 1.70 bits per heavy atom. The van der Waals surface area contributed by atoms with E-state index in [1.165, 1.54) is 11.3 Å². The first-order valence-corrected chi connectivity index (χ1v) is 6.99. The number of anilines is 1. The molecule has 0 atom stereocenters. The average molecular weight is 295 g/mol. The van der Waals surface area contributed by atoms with Crippen LogP contribution in [0.4, 0.5) is 5.13 Å². The van der Waals surface area contributed by atoms with Crippen LogP contribution in [0.5, 0.6) is 17.2 Å². The minimum Gasteiger partial charge on any atom is -0.496 e. The number of ether oxygens (including phenoxy) is 3. The molecule has 1 N–H and O–H groups in total. The molecule has 0 aliphatic rings. The van der Waals surface area contributed by atoms with Crippen molar-refractivity contribution in [2.75, 3.05) is 26.1 Å². The lowest BCUT2D eigenvalue weighted by atomic mass is 10.3. The SMILES string of the molecule is CCNc1nnc(COc2cc(OC)cc(OC)c2)s1. The van der Waals surface area contributed by atoms with Crippen molar-refractivity contribution >= 4 is 16.5 Å². The maximum atomic E-state index is 5.69. The summed E-state index contributed by atoms with van der Waals surface area (Å²) in [6.07, 6.45) is 0. The number of hydrogen-bond donors (Lipinski definition) is 1. The third-order valence-corrected chi connectivity index (χ3v) is 3.34. The van der Waals surface area contributed by atoms with Crippen LogP contribution in [0.3, 0.4) is 0 Å². The molecule has 1 heterocycles. The molecule has 0 aliphatic heterocycles. The Hall–Kier alpha value is -2.02. The van der Waals surface area contributed by atoms with Gasteiger partial charge in [0.1, 0.15) is 23.9 Å². The van der Waals surface area contributed by atoms with Crippen LogP contribution in [0.2, 0.25) is 0 Å². The van der Waals surface area contributed by atoms with Gasteiger partial charge in [0, 0.05) is 24.7 Å². The van der Waals surface area contributed by atoms with Crippen molar-refractivity contribution in [2.45, 2.75) is 13.5 Å². The lowest BCUT2D eigenvalue weighted by Crippen LogP contribution is -1.96. The normalized spacial score (nSPS) is 10.2. The van der Waals surface area contributed by atoms with E-state index in [-0.39, 0.29) is 0 Å². The molecule has 0 bridgehead atoms. The number of rotatable bonds is 7. The molecule has 0 saturated carbocycles. The van der Waals surface area contributed by atoms with Crippen molar-refractivity contribution < 1.29 is 14.2 Å². The van der Waals surface area contributed by atoms with Crippen LogP contribution in [0.15, 0.2) is 18.2 Å². The molecule has 20 heavy (non-hydrogen) atoms. The molecular formula is C13H17N3O3S. The highest BCUT2D eigenvalue weighted by atomic mass is 32.1. The first-order chi connectivity index (χ1) is 9.75. The second kappa shape index (κ2) is 6.95. The van der Waals surface area contributed by atoms with Crippen molar-refractivity contribution in [1.82, 2.24) is 10.2 Å². The van der Waals surface area contributed by atoms with E-state index in [0.29, 0.717) is 23.9 Å². The molecule has 0 saturated heterocycles. The zero-order valence-corrected chi connectivity index (χ0v) is 12.5. The molecule has 0 aliphatic carbocycles. The third-order valence-electron chi connectivity index (χ3n) is 2.48. The molecule has 0 radical (unpaired) electrons. The Labute approximate surface area is 121 Å². The van der Waals surface area contributed by atoms with Crippen LogP contribution >= 0.6 is 11.3 Å². The standard InChI is InChI=1S/C13H17N3O3S/c1-4-14-13-16-15-12(20-13)8-19-11-6-9(17-2)5-10(7-11)18-3/h5-7H,4,8H2,1-3H3,(H,14,16).